The predicted octanol–water partition coefficient (Wildman–Crippen LogP) is 0.724. The number of hydrogen-bond acceptors (Lipinski definition) is 5. The molecule has 0 radical (unpaired) electrons. The van der Waals surface area contributed by atoms with Crippen LogP contribution in [0.1, 0.15) is 13.3 Å². The molecule has 0 saturated heterocycles. The Hall–Kier alpha value is -0.880. The molecule has 0 aromatic carbocycles. The van der Waals surface area contributed by atoms with E-state index in [0.717, 1.165) is 22.9 Å². The summed E-state index contributed by atoms with van der Waals surface area (Å²) in [6.45, 7) is 6.32. The normalized spacial score (nSPS) is 10.4. The Kier molecular flexibility index (Phi) is 4.61. The second-order valence-corrected chi connectivity index (χ2v) is 4.03. The van der Waals surface area contributed by atoms with Gasteiger partial charge in [-0.3, -0.25) is 0 Å². The summed E-state index contributed by atoms with van der Waals surface area (Å²) in [5.41, 5.74) is 1.15. The minimum Gasteiger partial charge on any atom is -0.394 e. The third-order valence-corrected chi connectivity index (χ3v) is 2.53. The number of aliphatic hydroxyl groups excluding tert-OH is 1. The average Bonchev–Trinajstić information content (AvgIpc) is 2.53. The predicted molar refractivity (Wildman–Crippen MR) is 55.1 cm³/mol. The molecular weight excluding hydrogens is 200 g/mol. The monoisotopic (exact) mass is 214 g/mol. The topological polar surface area (TPSA) is 63.8 Å². The van der Waals surface area contributed by atoms with Crippen LogP contribution >= 0.6 is 11.8 Å². The van der Waals surface area contributed by atoms with Crippen LogP contribution in [0.4, 0.5) is 0 Å². The lowest BCUT2D eigenvalue weighted by Crippen LogP contribution is -2.05. The van der Waals surface area contributed by atoms with Gasteiger partial charge in [-0.2, -0.15) is 0 Å². The van der Waals surface area contributed by atoms with E-state index < -0.39 is 0 Å². The van der Waals surface area contributed by atoms with Crippen molar-refractivity contribution in [2.45, 2.75) is 25.0 Å². The Labute approximate surface area is 87.2 Å². The van der Waals surface area contributed by atoms with Crippen LogP contribution in [0.25, 0.3) is 0 Å². The molecule has 0 fully saturated rings. The van der Waals surface area contributed by atoms with Gasteiger partial charge in [0, 0.05) is 5.75 Å². The van der Waals surface area contributed by atoms with Crippen molar-refractivity contribution in [2.75, 3.05) is 12.4 Å². The maximum Gasteiger partial charge on any atom is 0.209 e. The summed E-state index contributed by atoms with van der Waals surface area (Å²) in [7, 11) is 0. The van der Waals surface area contributed by atoms with Gasteiger partial charge < -0.3 is 5.11 Å². The number of hydrogen-bond donors (Lipinski definition) is 1. The van der Waals surface area contributed by atoms with Gasteiger partial charge in [-0.15, -0.1) is 11.7 Å². The molecule has 6 heteroatoms. The molecule has 14 heavy (non-hydrogen) atoms. The van der Waals surface area contributed by atoms with Crippen molar-refractivity contribution in [1.82, 2.24) is 20.2 Å². The van der Waals surface area contributed by atoms with Gasteiger partial charge in [0.1, 0.15) is 0 Å². The standard InChI is InChI=1S/C8H14N4OS/c1-7(2)3-6-14-8-9-10-11-12(8)4-5-13/h13H,1,3-6H2,2H3. The van der Waals surface area contributed by atoms with Gasteiger partial charge in [0.25, 0.3) is 0 Å². The number of nitrogens with zero attached hydrogens (tertiary/aromatic N) is 4. The fourth-order valence-corrected chi connectivity index (χ4v) is 1.86. The Morgan fingerprint density at radius 1 is 1.64 bits per heavy atom. The first-order valence-corrected chi connectivity index (χ1v) is 5.37. The minimum absolute atomic E-state index is 0.0546. The first-order chi connectivity index (χ1) is 6.74. The number of aromatic nitrogens is 4. The second-order valence-electron chi connectivity index (χ2n) is 2.96. The van der Waals surface area contributed by atoms with Crippen LogP contribution in [0.5, 0.6) is 0 Å². The highest BCUT2D eigenvalue weighted by Gasteiger charge is 2.05. The van der Waals surface area contributed by atoms with Crippen LogP contribution in [-0.2, 0) is 6.54 Å². The Bertz CT molecular complexity index is 299. The van der Waals surface area contributed by atoms with E-state index in [1.807, 2.05) is 6.92 Å². The molecule has 78 valence electrons. The molecule has 0 bridgehead atoms. The van der Waals surface area contributed by atoms with E-state index in [1.165, 1.54) is 0 Å². The largest absolute Gasteiger partial charge is 0.394 e. The highest BCUT2D eigenvalue weighted by Crippen LogP contribution is 2.15. The van der Waals surface area contributed by atoms with Crippen LogP contribution in [0.2, 0.25) is 0 Å². The zero-order chi connectivity index (χ0) is 10.4. The van der Waals surface area contributed by atoms with E-state index >= 15 is 0 Å². The van der Waals surface area contributed by atoms with Crippen LogP contribution in [-0.4, -0.2) is 37.7 Å². The van der Waals surface area contributed by atoms with E-state index in [0.29, 0.717) is 6.54 Å². The Morgan fingerprint density at radius 2 is 2.43 bits per heavy atom. The maximum absolute atomic E-state index is 8.74. The fraction of sp³-hybridized carbons (Fsp3) is 0.625. The quantitative estimate of drug-likeness (QED) is 0.558. The summed E-state index contributed by atoms with van der Waals surface area (Å²) < 4.78 is 1.60. The number of allylic oxidation sites excluding steroid dienone is 1. The first-order valence-electron chi connectivity index (χ1n) is 4.38. The zero-order valence-corrected chi connectivity index (χ0v) is 9.00. The van der Waals surface area contributed by atoms with Crippen molar-refractivity contribution < 1.29 is 5.11 Å². The number of rotatable bonds is 6. The van der Waals surface area contributed by atoms with Crippen LogP contribution < -0.4 is 0 Å². The summed E-state index contributed by atoms with van der Waals surface area (Å²) in [4.78, 5) is 0. The third kappa shape index (κ3) is 3.47. The lowest BCUT2D eigenvalue weighted by Gasteiger charge is -2.01. The molecule has 1 heterocycles. The molecule has 0 aliphatic rings. The average molecular weight is 214 g/mol. The van der Waals surface area contributed by atoms with E-state index in [9.17, 15) is 0 Å². The number of thioether (sulfide) groups is 1. The molecule has 1 rings (SSSR count). The zero-order valence-electron chi connectivity index (χ0n) is 8.18. The van der Waals surface area contributed by atoms with Gasteiger partial charge in [0.05, 0.1) is 13.2 Å². The molecule has 0 aliphatic carbocycles. The van der Waals surface area contributed by atoms with Crippen molar-refractivity contribution >= 4 is 11.8 Å². The van der Waals surface area contributed by atoms with Crippen molar-refractivity contribution in [3.05, 3.63) is 12.2 Å². The lowest BCUT2D eigenvalue weighted by atomic mass is 10.3. The molecule has 0 unspecified atom stereocenters. The minimum atomic E-state index is 0.0546. The van der Waals surface area contributed by atoms with Crippen molar-refractivity contribution in [1.29, 1.82) is 0 Å². The van der Waals surface area contributed by atoms with E-state index in [1.54, 1.807) is 16.4 Å². The smallest absolute Gasteiger partial charge is 0.209 e. The van der Waals surface area contributed by atoms with Crippen molar-refractivity contribution in [3.63, 3.8) is 0 Å². The molecule has 5 nitrogen and oxygen atoms in total. The number of tetrazole rings is 1. The molecular formula is C8H14N4OS. The summed E-state index contributed by atoms with van der Waals surface area (Å²) in [5, 5.41) is 20.6. The molecule has 1 aromatic heterocycles. The first kappa shape index (κ1) is 11.2. The summed E-state index contributed by atoms with van der Waals surface area (Å²) in [5.74, 6) is 0.918. The maximum atomic E-state index is 8.74. The van der Waals surface area contributed by atoms with Gasteiger partial charge in [-0.1, -0.05) is 17.3 Å². The highest BCUT2D eigenvalue weighted by molar-refractivity contribution is 7.99. The van der Waals surface area contributed by atoms with Crippen LogP contribution in [0.3, 0.4) is 0 Å². The van der Waals surface area contributed by atoms with Crippen LogP contribution in [0, 0.1) is 0 Å². The van der Waals surface area contributed by atoms with Crippen LogP contribution in [0.15, 0.2) is 17.3 Å². The van der Waals surface area contributed by atoms with E-state index in [-0.39, 0.29) is 6.61 Å². The van der Waals surface area contributed by atoms with Gasteiger partial charge in [0.2, 0.25) is 5.16 Å². The fourth-order valence-electron chi connectivity index (χ4n) is 0.851. The molecule has 1 N–H and O–H groups in total. The molecule has 0 aliphatic heterocycles. The Morgan fingerprint density at radius 3 is 3.07 bits per heavy atom. The van der Waals surface area contributed by atoms with Gasteiger partial charge in [0.15, 0.2) is 0 Å². The lowest BCUT2D eigenvalue weighted by molar-refractivity contribution is 0.262. The Balaban J connectivity index is 2.41. The van der Waals surface area contributed by atoms with Gasteiger partial charge in [-0.05, 0) is 23.8 Å². The molecule has 0 saturated carbocycles. The van der Waals surface area contributed by atoms with Crippen molar-refractivity contribution in [2.24, 2.45) is 0 Å². The third-order valence-electron chi connectivity index (χ3n) is 1.57. The van der Waals surface area contributed by atoms with E-state index in [2.05, 4.69) is 22.1 Å². The van der Waals surface area contributed by atoms with Gasteiger partial charge >= 0.3 is 0 Å². The molecule has 0 amide bonds. The summed E-state index contributed by atoms with van der Waals surface area (Å²) in [6, 6.07) is 0. The van der Waals surface area contributed by atoms with Gasteiger partial charge in [-0.25, -0.2) is 4.68 Å². The highest BCUT2D eigenvalue weighted by atomic mass is 32.2. The van der Waals surface area contributed by atoms with E-state index in [4.69, 9.17) is 5.11 Å². The molecule has 1 aromatic rings. The summed E-state index contributed by atoms with van der Waals surface area (Å²) >= 11 is 1.58. The molecule has 0 atom stereocenters. The molecule has 0 spiro atoms. The summed E-state index contributed by atoms with van der Waals surface area (Å²) in [6.07, 6.45) is 0.955. The van der Waals surface area contributed by atoms with Crippen molar-refractivity contribution in [3.8, 4) is 0 Å². The second kappa shape index (κ2) is 5.77. The number of aliphatic hydroxyl groups is 1. The SMILES string of the molecule is C=C(C)CCSc1nnnn1CCO.